The Morgan fingerprint density at radius 3 is 2.56 bits per heavy atom. The molecule has 2 aliphatic carbocycles. The molecule has 2 N–H and O–H groups in total. The summed E-state index contributed by atoms with van der Waals surface area (Å²) >= 11 is 0. The Morgan fingerprint density at radius 1 is 1.26 bits per heavy atom. The Bertz CT molecular complexity index is 850. The highest BCUT2D eigenvalue weighted by molar-refractivity contribution is 5.87. The van der Waals surface area contributed by atoms with E-state index in [1.807, 2.05) is 24.3 Å². The van der Waals surface area contributed by atoms with Crippen molar-refractivity contribution in [3.05, 3.63) is 52.8 Å². The molecule has 1 aromatic carbocycles. The van der Waals surface area contributed by atoms with Crippen LogP contribution in [0, 0.1) is 0 Å². The van der Waals surface area contributed by atoms with Crippen LogP contribution in [-0.2, 0) is 30.6 Å². The zero-order valence-electron chi connectivity index (χ0n) is 14.6. The lowest BCUT2D eigenvalue weighted by atomic mass is 9.92. The molecule has 0 spiro atoms. The Balaban J connectivity index is 1.50. The summed E-state index contributed by atoms with van der Waals surface area (Å²) in [5.74, 6) is -0.498. The van der Waals surface area contributed by atoms with Gasteiger partial charge < -0.3 is 10.4 Å². The van der Waals surface area contributed by atoms with Crippen LogP contribution in [0.5, 0.6) is 0 Å². The van der Waals surface area contributed by atoms with E-state index in [4.69, 9.17) is 0 Å². The number of nitrogens with zero attached hydrogens (tertiary/aromatic N) is 2. The minimum Gasteiger partial charge on any atom is -0.379 e. The van der Waals surface area contributed by atoms with E-state index in [9.17, 15) is 23.1 Å². The maximum absolute atomic E-state index is 12.8. The zero-order valence-corrected chi connectivity index (χ0v) is 14.6. The number of amides is 1. The fraction of sp³-hybridized carbons (Fsp3) is 0.474. The van der Waals surface area contributed by atoms with Crippen LogP contribution in [0.25, 0.3) is 0 Å². The molecule has 0 unspecified atom stereocenters. The van der Waals surface area contributed by atoms with Gasteiger partial charge in [0.05, 0.1) is 11.7 Å². The van der Waals surface area contributed by atoms with Gasteiger partial charge >= 0.3 is 6.18 Å². The lowest BCUT2D eigenvalue weighted by molar-refractivity contribution is -0.143. The molecule has 8 heteroatoms. The number of carbonyl (C=O) groups is 1. The van der Waals surface area contributed by atoms with E-state index in [1.54, 1.807) is 0 Å². The van der Waals surface area contributed by atoms with E-state index in [0.29, 0.717) is 18.5 Å². The molecule has 2 aliphatic rings. The van der Waals surface area contributed by atoms with Gasteiger partial charge in [-0.3, -0.25) is 9.48 Å². The second-order valence-corrected chi connectivity index (χ2v) is 7.42. The van der Waals surface area contributed by atoms with Gasteiger partial charge in [-0.2, -0.15) is 18.3 Å². The van der Waals surface area contributed by atoms with Crippen LogP contribution in [-0.4, -0.2) is 32.6 Å². The Kier molecular flexibility index (Phi) is 4.25. The van der Waals surface area contributed by atoms with Crippen LogP contribution in [0.4, 0.5) is 13.2 Å². The molecule has 0 bridgehead atoms. The predicted molar refractivity (Wildman–Crippen MR) is 90.9 cm³/mol. The number of rotatable bonds is 3. The quantitative estimate of drug-likeness (QED) is 0.861. The number of hydrogen-bond acceptors (Lipinski definition) is 3. The van der Waals surface area contributed by atoms with Crippen molar-refractivity contribution in [2.45, 2.75) is 56.5 Å². The molecule has 2 aromatic rings. The third kappa shape index (κ3) is 3.58. The van der Waals surface area contributed by atoms with Gasteiger partial charge in [0.1, 0.15) is 6.54 Å². The standard InChI is InChI=1S/C19H20F3N3O2/c20-19(21,22)11-25-10-14-6-3-7-15(16(14)24-25)23-17(26)18(27)8-12-4-1-2-5-13(12)9-18/h1-2,4-5,10,15,27H,3,6-9,11H2,(H,23,26)/t15-/m0/s1. The summed E-state index contributed by atoms with van der Waals surface area (Å²) < 4.78 is 38.8. The van der Waals surface area contributed by atoms with Crippen molar-refractivity contribution >= 4 is 5.91 Å². The van der Waals surface area contributed by atoms with Gasteiger partial charge in [-0.1, -0.05) is 24.3 Å². The first-order valence-corrected chi connectivity index (χ1v) is 8.97. The number of fused-ring (bicyclic) bond motifs is 2. The van der Waals surface area contributed by atoms with Crippen LogP contribution < -0.4 is 5.32 Å². The fourth-order valence-electron chi connectivity index (χ4n) is 4.05. The third-order valence-corrected chi connectivity index (χ3v) is 5.29. The van der Waals surface area contributed by atoms with E-state index in [2.05, 4.69) is 10.4 Å². The molecular formula is C19H20F3N3O2. The molecule has 1 aromatic heterocycles. The Hall–Kier alpha value is -2.35. The van der Waals surface area contributed by atoms with Gasteiger partial charge in [-0.05, 0) is 36.0 Å². The van der Waals surface area contributed by atoms with Crippen LogP contribution in [0.15, 0.2) is 30.5 Å². The lowest BCUT2D eigenvalue weighted by Crippen LogP contribution is -2.49. The van der Waals surface area contributed by atoms with E-state index in [1.165, 1.54) is 6.20 Å². The van der Waals surface area contributed by atoms with Crippen LogP contribution in [0.2, 0.25) is 0 Å². The summed E-state index contributed by atoms with van der Waals surface area (Å²) in [5.41, 5.74) is 1.54. The Labute approximate surface area is 154 Å². The normalized spacial score (nSPS) is 20.8. The first-order chi connectivity index (χ1) is 12.7. The van der Waals surface area contributed by atoms with Gasteiger partial charge in [0.25, 0.3) is 5.91 Å². The number of alkyl halides is 3. The average Bonchev–Trinajstić information content (AvgIpc) is 3.13. The molecular weight excluding hydrogens is 359 g/mol. The first-order valence-electron chi connectivity index (χ1n) is 8.97. The SMILES string of the molecule is O=C(N[C@H]1CCCc2cn(CC(F)(F)F)nc21)C1(O)Cc2ccccc2C1. The number of aliphatic hydroxyl groups is 1. The number of benzene rings is 1. The molecule has 0 radical (unpaired) electrons. The largest absolute Gasteiger partial charge is 0.408 e. The maximum atomic E-state index is 12.8. The van der Waals surface area contributed by atoms with Gasteiger partial charge in [0.15, 0.2) is 5.60 Å². The van der Waals surface area contributed by atoms with Crippen molar-refractivity contribution in [2.24, 2.45) is 0 Å². The van der Waals surface area contributed by atoms with Crippen molar-refractivity contribution in [2.75, 3.05) is 0 Å². The van der Waals surface area contributed by atoms with Gasteiger partial charge in [0, 0.05) is 19.0 Å². The maximum Gasteiger partial charge on any atom is 0.408 e. The third-order valence-electron chi connectivity index (χ3n) is 5.29. The predicted octanol–water partition coefficient (Wildman–Crippen LogP) is 2.47. The van der Waals surface area contributed by atoms with E-state index in [-0.39, 0.29) is 12.8 Å². The number of nitrogens with one attached hydrogen (secondary N) is 1. The fourth-order valence-corrected chi connectivity index (χ4v) is 4.05. The van der Waals surface area contributed by atoms with E-state index in [0.717, 1.165) is 27.8 Å². The molecule has 27 heavy (non-hydrogen) atoms. The number of aryl methyl sites for hydroxylation is 1. The van der Waals surface area contributed by atoms with Crippen LogP contribution >= 0.6 is 0 Å². The molecule has 144 valence electrons. The average molecular weight is 379 g/mol. The number of carbonyl (C=O) groups excluding carboxylic acids is 1. The smallest absolute Gasteiger partial charge is 0.379 e. The first kappa shape index (κ1) is 18.0. The summed E-state index contributed by atoms with van der Waals surface area (Å²) in [7, 11) is 0. The van der Waals surface area contributed by atoms with Crippen molar-refractivity contribution < 1.29 is 23.1 Å². The second kappa shape index (κ2) is 6.37. The molecule has 0 saturated heterocycles. The summed E-state index contributed by atoms with van der Waals surface area (Å²) in [4.78, 5) is 12.8. The zero-order chi connectivity index (χ0) is 19.2. The van der Waals surface area contributed by atoms with E-state index < -0.39 is 30.3 Å². The second-order valence-electron chi connectivity index (χ2n) is 7.42. The molecule has 5 nitrogen and oxygen atoms in total. The number of hydrogen-bond donors (Lipinski definition) is 2. The van der Waals surface area contributed by atoms with Crippen molar-refractivity contribution in [3.8, 4) is 0 Å². The van der Waals surface area contributed by atoms with Gasteiger partial charge in [0.2, 0.25) is 0 Å². The highest BCUT2D eigenvalue weighted by Gasteiger charge is 2.43. The van der Waals surface area contributed by atoms with Gasteiger partial charge in [-0.25, -0.2) is 0 Å². The molecule has 1 heterocycles. The minimum absolute atomic E-state index is 0.233. The van der Waals surface area contributed by atoms with E-state index >= 15 is 0 Å². The monoisotopic (exact) mass is 379 g/mol. The summed E-state index contributed by atoms with van der Waals surface area (Å²) in [5, 5.41) is 17.7. The summed E-state index contributed by atoms with van der Waals surface area (Å²) in [6.07, 6.45) is -0.512. The van der Waals surface area contributed by atoms with Gasteiger partial charge in [-0.15, -0.1) is 0 Å². The topological polar surface area (TPSA) is 67.2 Å². The molecule has 1 atom stereocenters. The molecule has 0 saturated carbocycles. The van der Waals surface area contributed by atoms with Crippen molar-refractivity contribution in [1.82, 2.24) is 15.1 Å². The highest BCUT2D eigenvalue weighted by atomic mass is 19.4. The molecule has 4 rings (SSSR count). The summed E-state index contributed by atoms with van der Waals surface area (Å²) in [6.45, 7) is -1.15. The summed E-state index contributed by atoms with van der Waals surface area (Å²) in [6, 6.07) is 7.02. The molecule has 0 fully saturated rings. The lowest BCUT2D eigenvalue weighted by Gasteiger charge is -2.27. The number of halogens is 3. The Morgan fingerprint density at radius 2 is 1.93 bits per heavy atom. The van der Waals surface area contributed by atoms with Crippen LogP contribution in [0.1, 0.15) is 41.3 Å². The minimum atomic E-state index is -4.35. The molecule has 1 amide bonds. The van der Waals surface area contributed by atoms with Crippen LogP contribution in [0.3, 0.4) is 0 Å². The van der Waals surface area contributed by atoms with Crippen molar-refractivity contribution in [3.63, 3.8) is 0 Å². The van der Waals surface area contributed by atoms with Crippen molar-refractivity contribution in [1.29, 1.82) is 0 Å². The molecule has 0 aliphatic heterocycles. The number of aromatic nitrogens is 2. The highest BCUT2D eigenvalue weighted by Crippen LogP contribution is 2.33.